The third-order valence-corrected chi connectivity index (χ3v) is 3.98. The summed E-state index contributed by atoms with van der Waals surface area (Å²) in [7, 11) is 0. The highest BCUT2D eigenvalue weighted by molar-refractivity contribution is 7.09. The van der Waals surface area contributed by atoms with E-state index in [2.05, 4.69) is 48.0 Å². The minimum Gasteiger partial charge on any atom is -0.372 e. The molecular weight excluding hydrogens is 256 g/mol. The maximum absolute atomic E-state index is 10.6. The largest absolute Gasteiger partial charge is 0.372 e. The number of benzene rings is 1. The molecule has 0 aliphatic rings. The topological polar surface area (TPSA) is 33.2 Å². The minimum absolute atomic E-state index is 0.528. The lowest BCUT2D eigenvalue weighted by atomic mass is 10.1. The van der Waals surface area contributed by atoms with Gasteiger partial charge in [-0.1, -0.05) is 12.1 Å². The Hall–Kier alpha value is -1.68. The summed E-state index contributed by atoms with van der Waals surface area (Å²) in [6.07, 6.45) is 1.58. The first-order chi connectivity index (χ1) is 9.26. The minimum atomic E-state index is 0.528. The molecule has 0 aliphatic heterocycles. The van der Waals surface area contributed by atoms with Crippen molar-refractivity contribution < 1.29 is 4.79 Å². The van der Waals surface area contributed by atoms with Crippen LogP contribution >= 0.6 is 11.3 Å². The first kappa shape index (κ1) is 13.7. The Labute approximate surface area is 117 Å². The average Bonchev–Trinajstić information content (AvgIpc) is 2.90. The maximum Gasteiger partial charge on any atom is 0.169 e. The normalized spacial score (nSPS) is 10.4. The molecule has 0 amide bonds. The van der Waals surface area contributed by atoms with E-state index in [1.165, 1.54) is 22.6 Å². The molecule has 0 unspecified atom stereocenters. The Morgan fingerprint density at radius 1 is 1.21 bits per heavy atom. The first-order valence-corrected chi connectivity index (χ1v) is 7.38. The van der Waals surface area contributed by atoms with E-state index in [9.17, 15) is 4.79 Å². The highest BCUT2D eigenvalue weighted by Crippen LogP contribution is 2.18. The van der Waals surface area contributed by atoms with Gasteiger partial charge in [0.25, 0.3) is 0 Å². The van der Waals surface area contributed by atoms with Crippen LogP contribution < -0.4 is 4.90 Å². The summed E-state index contributed by atoms with van der Waals surface area (Å²) in [4.78, 5) is 17.2. The van der Waals surface area contributed by atoms with Crippen LogP contribution in [0.25, 0.3) is 0 Å². The Kier molecular flexibility index (Phi) is 4.68. The highest BCUT2D eigenvalue weighted by atomic mass is 32.1. The SMILES string of the molecule is CCN(CC)c1ccc(Cc2nc(C=O)cs2)cc1. The molecule has 4 heteroatoms. The smallest absolute Gasteiger partial charge is 0.169 e. The number of aldehydes is 1. The van der Waals surface area contributed by atoms with Gasteiger partial charge in [0.05, 0.1) is 5.01 Å². The van der Waals surface area contributed by atoms with Crippen LogP contribution in [0.2, 0.25) is 0 Å². The van der Waals surface area contributed by atoms with Crippen LogP contribution in [0, 0.1) is 0 Å². The van der Waals surface area contributed by atoms with Crippen molar-refractivity contribution in [2.75, 3.05) is 18.0 Å². The molecule has 1 aromatic carbocycles. The fraction of sp³-hybridized carbons (Fsp3) is 0.333. The molecule has 2 aromatic rings. The number of carbonyl (C=O) groups excluding carboxylic acids is 1. The van der Waals surface area contributed by atoms with Crippen molar-refractivity contribution in [1.82, 2.24) is 4.98 Å². The molecule has 3 nitrogen and oxygen atoms in total. The molecule has 0 saturated carbocycles. The van der Waals surface area contributed by atoms with E-state index in [1.807, 2.05) is 0 Å². The van der Waals surface area contributed by atoms with Gasteiger partial charge in [-0.2, -0.15) is 0 Å². The molecule has 0 atom stereocenters. The van der Waals surface area contributed by atoms with Gasteiger partial charge in [0, 0.05) is 30.6 Å². The van der Waals surface area contributed by atoms with E-state index < -0.39 is 0 Å². The van der Waals surface area contributed by atoms with Gasteiger partial charge in [0.15, 0.2) is 6.29 Å². The second-order valence-corrected chi connectivity index (χ2v) is 5.24. The van der Waals surface area contributed by atoms with Crippen molar-refractivity contribution in [2.45, 2.75) is 20.3 Å². The Morgan fingerprint density at radius 2 is 1.89 bits per heavy atom. The number of carbonyl (C=O) groups is 1. The zero-order valence-corrected chi connectivity index (χ0v) is 12.1. The number of nitrogens with zero attached hydrogens (tertiary/aromatic N) is 2. The van der Waals surface area contributed by atoms with E-state index in [4.69, 9.17) is 0 Å². The zero-order chi connectivity index (χ0) is 13.7. The number of aromatic nitrogens is 1. The van der Waals surface area contributed by atoms with Gasteiger partial charge in [-0.05, 0) is 31.5 Å². The molecular formula is C15H18N2OS. The quantitative estimate of drug-likeness (QED) is 0.757. The second-order valence-electron chi connectivity index (χ2n) is 4.30. The van der Waals surface area contributed by atoms with Crippen LogP contribution in [-0.2, 0) is 6.42 Å². The van der Waals surface area contributed by atoms with Crippen LogP contribution in [0.4, 0.5) is 5.69 Å². The van der Waals surface area contributed by atoms with Gasteiger partial charge < -0.3 is 4.90 Å². The number of thiazole rings is 1. The van der Waals surface area contributed by atoms with E-state index >= 15 is 0 Å². The van der Waals surface area contributed by atoms with Gasteiger partial charge in [0.1, 0.15) is 5.69 Å². The van der Waals surface area contributed by atoms with Gasteiger partial charge in [-0.15, -0.1) is 11.3 Å². The molecule has 100 valence electrons. The third-order valence-electron chi connectivity index (χ3n) is 3.11. The number of hydrogen-bond donors (Lipinski definition) is 0. The van der Waals surface area contributed by atoms with Crippen molar-refractivity contribution in [3.63, 3.8) is 0 Å². The van der Waals surface area contributed by atoms with Crippen LogP contribution in [0.5, 0.6) is 0 Å². The summed E-state index contributed by atoms with van der Waals surface area (Å²) in [6.45, 7) is 6.36. The Balaban J connectivity index is 2.07. The van der Waals surface area contributed by atoms with Crippen molar-refractivity contribution in [2.24, 2.45) is 0 Å². The van der Waals surface area contributed by atoms with Crippen molar-refractivity contribution in [3.05, 3.63) is 45.9 Å². The predicted molar refractivity (Wildman–Crippen MR) is 80.3 cm³/mol. The highest BCUT2D eigenvalue weighted by Gasteiger charge is 2.04. The average molecular weight is 274 g/mol. The Bertz CT molecular complexity index is 529. The van der Waals surface area contributed by atoms with Crippen LogP contribution in [0.3, 0.4) is 0 Å². The number of anilines is 1. The van der Waals surface area contributed by atoms with E-state index in [0.717, 1.165) is 30.8 Å². The molecule has 0 fully saturated rings. The lowest BCUT2D eigenvalue weighted by molar-refractivity contribution is 0.111. The summed E-state index contributed by atoms with van der Waals surface area (Å²) < 4.78 is 0. The summed E-state index contributed by atoms with van der Waals surface area (Å²) in [5.74, 6) is 0. The lowest BCUT2D eigenvalue weighted by Gasteiger charge is -2.21. The fourth-order valence-electron chi connectivity index (χ4n) is 2.05. The van der Waals surface area contributed by atoms with Crippen LogP contribution in [0.15, 0.2) is 29.6 Å². The molecule has 0 spiro atoms. The van der Waals surface area contributed by atoms with Crippen LogP contribution in [0.1, 0.15) is 34.9 Å². The zero-order valence-electron chi connectivity index (χ0n) is 11.3. The van der Waals surface area contributed by atoms with Gasteiger partial charge in [-0.3, -0.25) is 4.79 Å². The van der Waals surface area contributed by atoms with Crippen molar-refractivity contribution >= 4 is 23.3 Å². The van der Waals surface area contributed by atoms with E-state index in [-0.39, 0.29) is 0 Å². The summed E-state index contributed by atoms with van der Waals surface area (Å²) in [5.41, 5.74) is 3.00. The summed E-state index contributed by atoms with van der Waals surface area (Å²) in [5, 5.41) is 2.78. The van der Waals surface area contributed by atoms with Gasteiger partial charge in [0.2, 0.25) is 0 Å². The molecule has 0 bridgehead atoms. The third kappa shape index (κ3) is 3.41. The molecule has 1 heterocycles. The monoisotopic (exact) mass is 274 g/mol. The van der Waals surface area contributed by atoms with Crippen LogP contribution in [-0.4, -0.2) is 24.4 Å². The standard InChI is InChI=1S/C15H18N2OS/c1-3-17(4-2)14-7-5-12(6-8-14)9-15-16-13(10-18)11-19-15/h5-8,10-11H,3-4,9H2,1-2H3. The summed E-state index contributed by atoms with van der Waals surface area (Å²) >= 11 is 1.54. The molecule has 0 aliphatic carbocycles. The molecule has 0 radical (unpaired) electrons. The first-order valence-electron chi connectivity index (χ1n) is 6.50. The molecule has 2 rings (SSSR count). The predicted octanol–water partition coefficient (Wildman–Crippen LogP) is 3.39. The molecule has 0 N–H and O–H groups in total. The molecule has 1 aromatic heterocycles. The van der Waals surface area contributed by atoms with Gasteiger partial charge in [-0.25, -0.2) is 4.98 Å². The maximum atomic E-state index is 10.6. The molecule has 0 saturated heterocycles. The molecule has 19 heavy (non-hydrogen) atoms. The van der Waals surface area contributed by atoms with E-state index in [1.54, 1.807) is 5.38 Å². The van der Waals surface area contributed by atoms with Crippen molar-refractivity contribution in [3.8, 4) is 0 Å². The van der Waals surface area contributed by atoms with Gasteiger partial charge >= 0.3 is 0 Å². The van der Waals surface area contributed by atoms with E-state index in [0.29, 0.717) is 5.69 Å². The summed E-state index contributed by atoms with van der Waals surface area (Å²) in [6, 6.07) is 8.57. The Morgan fingerprint density at radius 3 is 2.42 bits per heavy atom. The lowest BCUT2D eigenvalue weighted by Crippen LogP contribution is -2.21. The second kappa shape index (κ2) is 6.48. The number of hydrogen-bond acceptors (Lipinski definition) is 4. The van der Waals surface area contributed by atoms with Crippen molar-refractivity contribution in [1.29, 1.82) is 0 Å². The number of rotatable bonds is 6. The fourth-order valence-corrected chi connectivity index (χ4v) is 2.82.